The van der Waals surface area contributed by atoms with E-state index in [1.807, 2.05) is 30.3 Å². The molecule has 0 atom stereocenters. The number of rotatable bonds is 2. The Kier molecular flexibility index (Phi) is 2.32. The minimum absolute atomic E-state index is 0.161. The monoisotopic (exact) mass is 193 g/mol. The molecular weight excluding hydrogens is 186 g/mol. The normalized spacial score (nSPS) is 10.2. The zero-order valence-electron chi connectivity index (χ0n) is 6.90. The van der Waals surface area contributed by atoms with E-state index in [2.05, 4.69) is 4.98 Å². The molecule has 0 fully saturated rings. The van der Waals surface area contributed by atoms with Crippen LogP contribution in [0.25, 0.3) is 10.9 Å². The van der Waals surface area contributed by atoms with Crippen LogP contribution in [-0.4, -0.2) is 11.1 Å². The van der Waals surface area contributed by atoms with Crippen molar-refractivity contribution in [2.24, 2.45) is 0 Å². The van der Waals surface area contributed by atoms with Crippen molar-refractivity contribution in [3.8, 4) is 5.75 Å². The van der Waals surface area contributed by atoms with Crippen molar-refractivity contribution < 1.29 is 4.74 Å². The van der Waals surface area contributed by atoms with Crippen LogP contribution in [0.15, 0.2) is 36.5 Å². The predicted octanol–water partition coefficient (Wildman–Crippen LogP) is 2.81. The smallest absolute Gasteiger partial charge is 0.162 e. The maximum Gasteiger partial charge on any atom is 0.162 e. The van der Waals surface area contributed by atoms with E-state index in [1.54, 1.807) is 6.20 Å². The molecule has 0 aliphatic carbocycles. The Bertz CT molecular complexity index is 411. The van der Waals surface area contributed by atoms with Crippen LogP contribution >= 0.6 is 11.6 Å². The molecule has 0 aliphatic rings. The molecule has 0 saturated carbocycles. The van der Waals surface area contributed by atoms with Gasteiger partial charge in [-0.15, -0.1) is 0 Å². The molecule has 0 unspecified atom stereocenters. The van der Waals surface area contributed by atoms with Gasteiger partial charge in [0.15, 0.2) is 6.07 Å². The molecule has 2 aromatic rings. The van der Waals surface area contributed by atoms with E-state index in [-0.39, 0.29) is 6.07 Å². The first-order chi connectivity index (χ1) is 6.42. The molecule has 0 N–H and O–H groups in total. The second-order valence-electron chi connectivity index (χ2n) is 2.58. The minimum Gasteiger partial charge on any atom is -0.477 e. The number of nitrogens with zero attached hydrogens (tertiary/aromatic N) is 1. The van der Waals surface area contributed by atoms with Crippen molar-refractivity contribution >= 4 is 22.5 Å². The molecule has 0 radical (unpaired) electrons. The Morgan fingerprint density at radius 2 is 2.08 bits per heavy atom. The van der Waals surface area contributed by atoms with E-state index >= 15 is 0 Å². The number of para-hydroxylation sites is 1. The fraction of sp³-hybridized carbons (Fsp3) is 0.100. The Morgan fingerprint density at radius 3 is 2.92 bits per heavy atom. The van der Waals surface area contributed by atoms with E-state index in [1.165, 1.54) is 0 Å². The summed E-state index contributed by atoms with van der Waals surface area (Å²) in [6.07, 6.45) is 1.71. The molecule has 2 nitrogen and oxygen atoms in total. The number of benzene rings is 1. The summed E-state index contributed by atoms with van der Waals surface area (Å²) in [5, 5.41) is 0.991. The first-order valence-corrected chi connectivity index (χ1v) is 4.48. The number of pyridine rings is 1. The first kappa shape index (κ1) is 8.32. The van der Waals surface area contributed by atoms with E-state index in [4.69, 9.17) is 16.3 Å². The van der Waals surface area contributed by atoms with E-state index < -0.39 is 0 Å². The van der Waals surface area contributed by atoms with Gasteiger partial charge in [0.1, 0.15) is 5.75 Å². The van der Waals surface area contributed by atoms with Gasteiger partial charge in [0.2, 0.25) is 0 Å². The number of aromatic nitrogens is 1. The molecule has 0 spiro atoms. The van der Waals surface area contributed by atoms with Gasteiger partial charge in [0, 0.05) is 11.6 Å². The fourth-order valence-corrected chi connectivity index (χ4v) is 1.37. The van der Waals surface area contributed by atoms with Crippen LogP contribution in [0.4, 0.5) is 0 Å². The summed E-state index contributed by atoms with van der Waals surface area (Å²) < 4.78 is 5.24. The number of ether oxygens (including phenoxy) is 1. The van der Waals surface area contributed by atoms with Gasteiger partial charge >= 0.3 is 0 Å². The molecule has 0 bridgehead atoms. The summed E-state index contributed by atoms with van der Waals surface area (Å²) in [5.41, 5.74) is 0.921. The topological polar surface area (TPSA) is 22.1 Å². The molecule has 0 amide bonds. The van der Waals surface area contributed by atoms with Gasteiger partial charge in [0.05, 0.1) is 5.52 Å². The Hall–Kier alpha value is -1.28. The lowest BCUT2D eigenvalue weighted by molar-refractivity contribution is 0.392. The SMILES string of the molecule is ClCOc1ccnc2ccccc12. The van der Waals surface area contributed by atoms with Gasteiger partial charge in [-0.2, -0.15) is 0 Å². The van der Waals surface area contributed by atoms with Crippen LogP contribution in [-0.2, 0) is 0 Å². The maximum atomic E-state index is 5.49. The zero-order valence-corrected chi connectivity index (χ0v) is 7.66. The molecule has 1 aromatic heterocycles. The summed E-state index contributed by atoms with van der Waals surface area (Å²) in [5.74, 6) is 0.778. The van der Waals surface area contributed by atoms with Gasteiger partial charge in [-0.3, -0.25) is 4.98 Å². The third-order valence-electron chi connectivity index (χ3n) is 1.82. The van der Waals surface area contributed by atoms with Crippen molar-refractivity contribution in [3.63, 3.8) is 0 Å². The summed E-state index contributed by atoms with van der Waals surface area (Å²) in [6, 6.07) is 9.77. The van der Waals surface area contributed by atoms with Crippen LogP contribution in [0.3, 0.4) is 0 Å². The van der Waals surface area contributed by atoms with Crippen LogP contribution in [0.2, 0.25) is 0 Å². The summed E-state index contributed by atoms with van der Waals surface area (Å²) in [4.78, 5) is 4.20. The number of hydrogen-bond donors (Lipinski definition) is 0. The standard InChI is InChI=1S/C10H8ClNO/c11-7-13-10-5-6-12-9-4-2-1-3-8(9)10/h1-6H,7H2. The number of alkyl halides is 1. The van der Waals surface area contributed by atoms with Crippen molar-refractivity contribution in [1.82, 2.24) is 4.98 Å². The van der Waals surface area contributed by atoms with E-state index in [0.717, 1.165) is 16.7 Å². The van der Waals surface area contributed by atoms with Gasteiger partial charge in [-0.1, -0.05) is 23.7 Å². The number of hydrogen-bond acceptors (Lipinski definition) is 2. The second kappa shape index (κ2) is 3.62. The Balaban J connectivity index is 2.61. The van der Waals surface area contributed by atoms with Crippen molar-refractivity contribution in [2.45, 2.75) is 0 Å². The second-order valence-corrected chi connectivity index (χ2v) is 2.80. The summed E-state index contributed by atoms with van der Waals surface area (Å²) in [6.45, 7) is 0. The van der Waals surface area contributed by atoms with Gasteiger partial charge in [-0.25, -0.2) is 0 Å². The molecule has 66 valence electrons. The minimum atomic E-state index is 0.161. The van der Waals surface area contributed by atoms with Crippen LogP contribution < -0.4 is 4.74 Å². The first-order valence-electron chi connectivity index (χ1n) is 3.94. The molecular formula is C10H8ClNO. The number of fused-ring (bicyclic) bond motifs is 1. The Labute approximate surface area is 81.1 Å². The van der Waals surface area contributed by atoms with Gasteiger partial charge in [0.25, 0.3) is 0 Å². The molecule has 0 saturated heterocycles. The third kappa shape index (κ3) is 1.58. The zero-order chi connectivity index (χ0) is 9.10. The molecule has 13 heavy (non-hydrogen) atoms. The molecule has 1 heterocycles. The van der Waals surface area contributed by atoms with Crippen molar-refractivity contribution in [2.75, 3.05) is 6.07 Å². The average molecular weight is 194 g/mol. The van der Waals surface area contributed by atoms with Crippen LogP contribution in [0.5, 0.6) is 5.75 Å². The van der Waals surface area contributed by atoms with Crippen LogP contribution in [0, 0.1) is 0 Å². The molecule has 0 aliphatic heterocycles. The van der Waals surface area contributed by atoms with E-state index in [9.17, 15) is 0 Å². The molecule has 1 aromatic carbocycles. The number of halogens is 1. The highest BCUT2D eigenvalue weighted by Gasteiger charge is 2.00. The van der Waals surface area contributed by atoms with E-state index in [0.29, 0.717) is 0 Å². The van der Waals surface area contributed by atoms with Crippen molar-refractivity contribution in [1.29, 1.82) is 0 Å². The summed E-state index contributed by atoms with van der Waals surface area (Å²) >= 11 is 5.49. The lowest BCUT2D eigenvalue weighted by Crippen LogP contribution is -1.90. The highest BCUT2D eigenvalue weighted by molar-refractivity contribution is 6.17. The van der Waals surface area contributed by atoms with Crippen LogP contribution in [0.1, 0.15) is 0 Å². The lowest BCUT2D eigenvalue weighted by atomic mass is 10.2. The fourth-order valence-electron chi connectivity index (χ4n) is 1.25. The maximum absolute atomic E-state index is 5.49. The average Bonchev–Trinajstić information content (AvgIpc) is 2.19. The third-order valence-corrected chi connectivity index (χ3v) is 1.93. The lowest BCUT2D eigenvalue weighted by Gasteiger charge is -2.04. The summed E-state index contributed by atoms with van der Waals surface area (Å²) in [7, 11) is 0. The highest BCUT2D eigenvalue weighted by Crippen LogP contribution is 2.23. The van der Waals surface area contributed by atoms with Gasteiger partial charge in [-0.05, 0) is 18.2 Å². The highest BCUT2D eigenvalue weighted by atomic mass is 35.5. The Morgan fingerprint density at radius 1 is 1.23 bits per heavy atom. The quantitative estimate of drug-likeness (QED) is 0.685. The molecule has 2 rings (SSSR count). The van der Waals surface area contributed by atoms with Gasteiger partial charge < -0.3 is 4.74 Å². The largest absolute Gasteiger partial charge is 0.477 e. The predicted molar refractivity (Wildman–Crippen MR) is 53.1 cm³/mol. The van der Waals surface area contributed by atoms with Crippen molar-refractivity contribution in [3.05, 3.63) is 36.5 Å². The molecule has 3 heteroatoms.